The molecule has 0 radical (unpaired) electrons. The lowest BCUT2D eigenvalue weighted by atomic mass is 9.82. The fourth-order valence-electron chi connectivity index (χ4n) is 5.80. The molecule has 0 saturated carbocycles. The second-order valence-electron chi connectivity index (χ2n) is 11.0. The molecule has 3 aliphatic rings. The SMILES string of the molecule is CN(C)C(=O)c1ccc(N2CCC(CC3CCN(C(=O)[C@@H](C4=CCCC(Cl)=C4)C(F)(F)F)CC3)CC2)nc1Cl. The Labute approximate surface area is 237 Å². The molecule has 6 nitrogen and oxygen atoms in total. The highest BCUT2D eigenvalue weighted by atomic mass is 35.5. The lowest BCUT2D eigenvalue weighted by Crippen LogP contribution is -2.47. The van der Waals surface area contributed by atoms with Crippen LogP contribution in [-0.2, 0) is 4.79 Å². The average Bonchev–Trinajstić information content (AvgIpc) is 2.88. The summed E-state index contributed by atoms with van der Waals surface area (Å²) in [5, 5.41) is 0.552. The molecule has 2 aliphatic heterocycles. The van der Waals surface area contributed by atoms with Gasteiger partial charge < -0.3 is 14.7 Å². The van der Waals surface area contributed by atoms with Crippen molar-refractivity contribution in [2.75, 3.05) is 45.2 Å². The third-order valence-electron chi connectivity index (χ3n) is 8.00. The quantitative estimate of drug-likeness (QED) is 0.367. The van der Waals surface area contributed by atoms with Crippen LogP contribution in [0.4, 0.5) is 19.0 Å². The predicted octanol–water partition coefficient (Wildman–Crippen LogP) is 6.30. The highest BCUT2D eigenvalue weighted by Crippen LogP contribution is 2.39. The van der Waals surface area contributed by atoms with E-state index in [0.717, 1.165) is 38.2 Å². The molecule has 0 bridgehead atoms. The second-order valence-corrected chi connectivity index (χ2v) is 11.8. The molecule has 1 aromatic heterocycles. The molecule has 214 valence electrons. The van der Waals surface area contributed by atoms with E-state index in [1.807, 2.05) is 6.07 Å². The summed E-state index contributed by atoms with van der Waals surface area (Å²) in [6.07, 6.45) is 3.45. The minimum absolute atomic E-state index is 0.0349. The molecular weight excluding hydrogens is 552 g/mol. The van der Waals surface area contributed by atoms with Crippen LogP contribution in [0.2, 0.25) is 5.15 Å². The number of hydrogen-bond acceptors (Lipinski definition) is 4. The summed E-state index contributed by atoms with van der Waals surface area (Å²) in [6, 6.07) is 3.55. The first-order chi connectivity index (χ1) is 18.4. The number of halogens is 5. The van der Waals surface area contributed by atoms with Gasteiger partial charge in [-0.3, -0.25) is 9.59 Å². The molecule has 0 unspecified atom stereocenters. The van der Waals surface area contributed by atoms with Crippen molar-refractivity contribution >= 4 is 40.8 Å². The van der Waals surface area contributed by atoms with Crippen LogP contribution < -0.4 is 4.90 Å². The minimum atomic E-state index is -4.65. The summed E-state index contributed by atoms with van der Waals surface area (Å²) in [6.45, 7) is 2.34. The number of hydrogen-bond donors (Lipinski definition) is 0. The lowest BCUT2D eigenvalue weighted by molar-refractivity contribution is -0.181. The van der Waals surface area contributed by atoms with Gasteiger partial charge in [0, 0.05) is 45.3 Å². The number of rotatable bonds is 6. The maximum atomic E-state index is 13.9. The second kappa shape index (κ2) is 12.5. The molecule has 0 aromatic carbocycles. The van der Waals surface area contributed by atoms with E-state index in [1.165, 1.54) is 22.0 Å². The number of anilines is 1. The lowest BCUT2D eigenvalue weighted by Gasteiger charge is -2.38. The van der Waals surface area contributed by atoms with Crippen LogP contribution in [0.3, 0.4) is 0 Å². The number of pyridine rings is 1. The Morgan fingerprint density at radius 3 is 2.21 bits per heavy atom. The maximum Gasteiger partial charge on any atom is 0.404 e. The van der Waals surface area contributed by atoms with Crippen molar-refractivity contribution in [2.45, 2.75) is 51.1 Å². The van der Waals surface area contributed by atoms with Crippen LogP contribution >= 0.6 is 23.2 Å². The number of carbonyl (C=O) groups excluding carboxylic acids is 2. The van der Waals surface area contributed by atoms with Gasteiger partial charge in [-0.1, -0.05) is 29.3 Å². The summed E-state index contributed by atoms with van der Waals surface area (Å²) in [5.74, 6) is -1.55. The highest BCUT2D eigenvalue weighted by molar-refractivity contribution is 6.32. The first-order valence-corrected chi connectivity index (χ1v) is 14.2. The number of allylic oxidation sites excluding steroid dienone is 3. The van der Waals surface area contributed by atoms with Crippen LogP contribution in [0, 0.1) is 17.8 Å². The van der Waals surface area contributed by atoms with Crippen molar-refractivity contribution in [3.05, 3.63) is 45.6 Å². The van der Waals surface area contributed by atoms with Gasteiger partial charge in [-0.25, -0.2) is 4.98 Å². The standard InChI is InChI=1S/C28H35Cl2F3N4O2/c1-35(2)26(38)22-6-7-23(34-25(22)30)36-12-8-18(9-13-36)16-19-10-14-37(15-11-19)27(39)24(28(31,32)33)20-4-3-5-21(29)17-20/h4,6-7,17-19,24H,3,5,8-16H2,1-2H3/t24-/m1/s1. The Kier molecular flexibility index (Phi) is 9.53. The van der Waals surface area contributed by atoms with E-state index in [4.69, 9.17) is 23.2 Å². The zero-order valence-electron chi connectivity index (χ0n) is 22.3. The normalized spacial score (nSPS) is 20.4. The molecule has 2 amide bonds. The number of aromatic nitrogens is 1. The summed E-state index contributed by atoms with van der Waals surface area (Å²) < 4.78 is 41.7. The number of amides is 2. The third kappa shape index (κ3) is 7.28. The van der Waals surface area contributed by atoms with Gasteiger partial charge in [0.15, 0.2) is 5.92 Å². The van der Waals surface area contributed by atoms with E-state index in [0.29, 0.717) is 61.2 Å². The van der Waals surface area contributed by atoms with Crippen LogP contribution in [0.5, 0.6) is 0 Å². The van der Waals surface area contributed by atoms with Crippen LogP contribution in [0.15, 0.2) is 34.9 Å². The smallest absolute Gasteiger partial charge is 0.357 e. The zero-order valence-corrected chi connectivity index (χ0v) is 23.8. The Hall–Kier alpha value is -2.26. The number of alkyl halides is 3. The summed E-state index contributed by atoms with van der Waals surface area (Å²) >= 11 is 12.3. The van der Waals surface area contributed by atoms with Gasteiger partial charge in [0.1, 0.15) is 11.0 Å². The van der Waals surface area contributed by atoms with E-state index in [-0.39, 0.29) is 16.6 Å². The predicted molar refractivity (Wildman–Crippen MR) is 147 cm³/mol. The van der Waals surface area contributed by atoms with E-state index in [1.54, 1.807) is 20.2 Å². The molecule has 0 spiro atoms. The average molecular weight is 588 g/mol. The first kappa shape index (κ1) is 29.7. The van der Waals surface area contributed by atoms with E-state index >= 15 is 0 Å². The molecule has 0 N–H and O–H groups in total. The topological polar surface area (TPSA) is 56.8 Å². The van der Waals surface area contributed by atoms with Gasteiger partial charge in [0.2, 0.25) is 5.91 Å². The molecule has 39 heavy (non-hydrogen) atoms. The third-order valence-corrected chi connectivity index (χ3v) is 8.58. The molecule has 4 rings (SSSR count). The summed E-state index contributed by atoms with van der Waals surface area (Å²) in [5.41, 5.74) is 0.342. The Bertz CT molecular complexity index is 1120. The molecule has 11 heteroatoms. The van der Waals surface area contributed by atoms with E-state index < -0.39 is 18.0 Å². The number of carbonyl (C=O) groups is 2. The van der Waals surface area contributed by atoms with Crippen molar-refractivity contribution < 1.29 is 22.8 Å². The van der Waals surface area contributed by atoms with Crippen LogP contribution in [0.25, 0.3) is 0 Å². The molecule has 1 atom stereocenters. The molecule has 3 heterocycles. The maximum absolute atomic E-state index is 13.9. The number of piperidine rings is 2. The molecule has 1 aliphatic carbocycles. The van der Waals surface area contributed by atoms with Crippen molar-refractivity contribution in [3.63, 3.8) is 0 Å². The Morgan fingerprint density at radius 2 is 1.67 bits per heavy atom. The zero-order chi connectivity index (χ0) is 28.3. The van der Waals surface area contributed by atoms with Gasteiger partial charge in [-0.05, 0) is 80.6 Å². The fraction of sp³-hybridized carbons (Fsp3) is 0.607. The van der Waals surface area contributed by atoms with E-state index in [2.05, 4.69) is 9.88 Å². The van der Waals surface area contributed by atoms with Gasteiger partial charge in [0.25, 0.3) is 5.91 Å². The van der Waals surface area contributed by atoms with E-state index in [9.17, 15) is 22.8 Å². The molecule has 1 aromatic rings. The molecule has 2 fully saturated rings. The number of nitrogens with zero attached hydrogens (tertiary/aromatic N) is 4. The van der Waals surface area contributed by atoms with Gasteiger partial charge in [-0.15, -0.1) is 0 Å². The Balaban J connectivity index is 1.27. The largest absolute Gasteiger partial charge is 0.404 e. The fourth-order valence-corrected chi connectivity index (χ4v) is 6.27. The molecule has 2 saturated heterocycles. The highest BCUT2D eigenvalue weighted by Gasteiger charge is 2.48. The monoisotopic (exact) mass is 586 g/mol. The van der Waals surface area contributed by atoms with Crippen molar-refractivity contribution in [2.24, 2.45) is 17.8 Å². The summed E-state index contributed by atoms with van der Waals surface area (Å²) in [4.78, 5) is 34.7. The number of likely N-dealkylation sites (tertiary alicyclic amines) is 1. The van der Waals surface area contributed by atoms with Crippen LogP contribution in [0.1, 0.15) is 55.3 Å². The van der Waals surface area contributed by atoms with Crippen LogP contribution in [-0.4, -0.2) is 73.0 Å². The Morgan fingerprint density at radius 1 is 1.05 bits per heavy atom. The van der Waals surface area contributed by atoms with Crippen molar-refractivity contribution in [1.82, 2.24) is 14.8 Å². The first-order valence-electron chi connectivity index (χ1n) is 13.5. The minimum Gasteiger partial charge on any atom is -0.357 e. The molecular formula is C28H35Cl2F3N4O2. The van der Waals surface area contributed by atoms with Gasteiger partial charge in [-0.2, -0.15) is 13.2 Å². The van der Waals surface area contributed by atoms with Gasteiger partial charge in [0.05, 0.1) is 5.56 Å². The van der Waals surface area contributed by atoms with Crippen molar-refractivity contribution in [1.29, 1.82) is 0 Å². The van der Waals surface area contributed by atoms with Gasteiger partial charge >= 0.3 is 6.18 Å². The van der Waals surface area contributed by atoms with Crippen molar-refractivity contribution in [3.8, 4) is 0 Å². The summed E-state index contributed by atoms with van der Waals surface area (Å²) in [7, 11) is 3.34.